The van der Waals surface area contributed by atoms with Crippen LogP contribution < -0.4 is 0 Å². The van der Waals surface area contributed by atoms with Crippen LogP contribution in [-0.2, 0) is 4.74 Å². The SMILES string of the molecule is CCCC1CCOC1Cl. The van der Waals surface area contributed by atoms with Crippen LogP contribution in [0.2, 0.25) is 0 Å². The van der Waals surface area contributed by atoms with Gasteiger partial charge in [0.2, 0.25) is 0 Å². The Hall–Kier alpha value is 0.250. The van der Waals surface area contributed by atoms with Gasteiger partial charge in [-0.25, -0.2) is 0 Å². The summed E-state index contributed by atoms with van der Waals surface area (Å²) in [5, 5.41) is 0. The largest absolute Gasteiger partial charge is 0.362 e. The minimum Gasteiger partial charge on any atom is -0.362 e. The third-order valence-electron chi connectivity index (χ3n) is 1.80. The monoisotopic (exact) mass is 148 g/mol. The van der Waals surface area contributed by atoms with E-state index in [0.29, 0.717) is 5.92 Å². The Bertz CT molecular complexity index is 85.0. The highest BCUT2D eigenvalue weighted by atomic mass is 35.5. The zero-order valence-corrected chi connectivity index (χ0v) is 6.53. The average molecular weight is 149 g/mol. The molecule has 54 valence electrons. The van der Waals surface area contributed by atoms with Crippen LogP contribution in [0.15, 0.2) is 0 Å². The van der Waals surface area contributed by atoms with Gasteiger partial charge in [0.05, 0.1) is 0 Å². The van der Waals surface area contributed by atoms with Gasteiger partial charge in [-0.1, -0.05) is 24.9 Å². The second kappa shape index (κ2) is 3.43. The van der Waals surface area contributed by atoms with Crippen molar-refractivity contribution in [1.82, 2.24) is 0 Å². The van der Waals surface area contributed by atoms with Crippen molar-refractivity contribution in [2.24, 2.45) is 5.92 Å². The molecule has 0 radical (unpaired) electrons. The van der Waals surface area contributed by atoms with E-state index in [1.54, 1.807) is 0 Å². The molecule has 1 rings (SSSR count). The van der Waals surface area contributed by atoms with Gasteiger partial charge in [-0.2, -0.15) is 0 Å². The first-order chi connectivity index (χ1) is 4.34. The summed E-state index contributed by atoms with van der Waals surface area (Å²) in [6, 6.07) is 0. The van der Waals surface area contributed by atoms with E-state index in [1.807, 2.05) is 0 Å². The van der Waals surface area contributed by atoms with E-state index in [-0.39, 0.29) is 5.56 Å². The van der Waals surface area contributed by atoms with Crippen LogP contribution in [0.1, 0.15) is 26.2 Å². The fraction of sp³-hybridized carbons (Fsp3) is 1.00. The molecule has 0 bridgehead atoms. The van der Waals surface area contributed by atoms with Gasteiger partial charge in [0.1, 0.15) is 5.56 Å². The fourth-order valence-corrected chi connectivity index (χ4v) is 1.59. The number of alkyl halides is 1. The van der Waals surface area contributed by atoms with E-state index in [1.165, 1.54) is 12.8 Å². The zero-order valence-electron chi connectivity index (χ0n) is 5.77. The quantitative estimate of drug-likeness (QED) is 0.547. The smallest absolute Gasteiger partial charge is 0.134 e. The molecule has 0 spiro atoms. The zero-order chi connectivity index (χ0) is 6.69. The Kier molecular flexibility index (Phi) is 2.80. The highest BCUT2D eigenvalue weighted by molar-refractivity contribution is 6.20. The normalized spacial score (nSPS) is 35.3. The van der Waals surface area contributed by atoms with Crippen molar-refractivity contribution in [2.75, 3.05) is 6.61 Å². The standard InChI is InChI=1S/C7H13ClO/c1-2-3-6-4-5-9-7(6)8/h6-7H,2-5H2,1H3. The van der Waals surface area contributed by atoms with Crippen molar-refractivity contribution in [3.63, 3.8) is 0 Å². The topological polar surface area (TPSA) is 9.23 Å². The van der Waals surface area contributed by atoms with Crippen LogP contribution in [0, 0.1) is 5.92 Å². The molecule has 2 heteroatoms. The van der Waals surface area contributed by atoms with E-state index in [4.69, 9.17) is 16.3 Å². The van der Waals surface area contributed by atoms with E-state index < -0.39 is 0 Å². The molecule has 0 aromatic carbocycles. The van der Waals surface area contributed by atoms with E-state index in [2.05, 4.69) is 6.92 Å². The highest BCUT2D eigenvalue weighted by Crippen LogP contribution is 2.27. The minimum absolute atomic E-state index is 0.00458. The first-order valence-electron chi connectivity index (χ1n) is 3.60. The number of hydrogen-bond acceptors (Lipinski definition) is 1. The molecule has 0 amide bonds. The van der Waals surface area contributed by atoms with Crippen LogP contribution in [0.3, 0.4) is 0 Å². The summed E-state index contributed by atoms with van der Waals surface area (Å²) in [7, 11) is 0. The molecule has 1 fully saturated rings. The summed E-state index contributed by atoms with van der Waals surface area (Å²) >= 11 is 5.83. The Balaban J connectivity index is 2.22. The summed E-state index contributed by atoms with van der Waals surface area (Å²) < 4.78 is 5.18. The maximum Gasteiger partial charge on any atom is 0.134 e. The summed E-state index contributed by atoms with van der Waals surface area (Å²) in [4.78, 5) is 0. The molecule has 2 atom stereocenters. The summed E-state index contributed by atoms with van der Waals surface area (Å²) in [6.07, 6.45) is 3.59. The summed E-state index contributed by atoms with van der Waals surface area (Å²) in [6.45, 7) is 3.04. The lowest BCUT2D eigenvalue weighted by Crippen LogP contribution is -2.07. The highest BCUT2D eigenvalue weighted by Gasteiger charge is 2.24. The number of hydrogen-bond donors (Lipinski definition) is 0. The first-order valence-corrected chi connectivity index (χ1v) is 4.04. The Morgan fingerprint density at radius 2 is 2.44 bits per heavy atom. The molecule has 0 N–H and O–H groups in total. The molecule has 1 nitrogen and oxygen atoms in total. The predicted molar refractivity (Wildman–Crippen MR) is 38.6 cm³/mol. The van der Waals surface area contributed by atoms with Gasteiger partial charge in [0.25, 0.3) is 0 Å². The molecule has 0 aliphatic carbocycles. The lowest BCUT2D eigenvalue weighted by Gasteiger charge is -2.08. The maximum absolute atomic E-state index is 5.83. The van der Waals surface area contributed by atoms with E-state index in [0.717, 1.165) is 13.0 Å². The van der Waals surface area contributed by atoms with E-state index in [9.17, 15) is 0 Å². The van der Waals surface area contributed by atoms with E-state index >= 15 is 0 Å². The van der Waals surface area contributed by atoms with Gasteiger partial charge in [0, 0.05) is 12.5 Å². The molecule has 2 unspecified atom stereocenters. The van der Waals surface area contributed by atoms with Gasteiger partial charge in [-0.05, 0) is 12.8 Å². The molecule has 1 aliphatic heterocycles. The van der Waals surface area contributed by atoms with Crippen molar-refractivity contribution in [3.05, 3.63) is 0 Å². The minimum atomic E-state index is 0.00458. The van der Waals surface area contributed by atoms with Crippen LogP contribution >= 0.6 is 11.6 Å². The van der Waals surface area contributed by atoms with Crippen molar-refractivity contribution in [2.45, 2.75) is 31.7 Å². The lowest BCUT2D eigenvalue weighted by molar-refractivity contribution is 0.151. The van der Waals surface area contributed by atoms with Gasteiger partial charge in [0.15, 0.2) is 0 Å². The molecule has 1 aliphatic rings. The molecule has 9 heavy (non-hydrogen) atoms. The lowest BCUT2D eigenvalue weighted by atomic mass is 10.0. The number of rotatable bonds is 2. The molecule has 1 heterocycles. The third kappa shape index (κ3) is 1.84. The molecule has 0 aromatic heterocycles. The Morgan fingerprint density at radius 1 is 1.67 bits per heavy atom. The predicted octanol–water partition coefficient (Wildman–Crippen LogP) is 2.39. The molecule has 0 saturated carbocycles. The van der Waals surface area contributed by atoms with Crippen LogP contribution in [0.4, 0.5) is 0 Å². The number of ether oxygens (including phenoxy) is 1. The van der Waals surface area contributed by atoms with Crippen molar-refractivity contribution < 1.29 is 4.74 Å². The number of halogens is 1. The second-order valence-electron chi connectivity index (χ2n) is 2.56. The molecular formula is C7H13ClO. The van der Waals surface area contributed by atoms with Gasteiger partial charge < -0.3 is 4.74 Å². The second-order valence-corrected chi connectivity index (χ2v) is 2.99. The van der Waals surface area contributed by atoms with Gasteiger partial charge in [-0.3, -0.25) is 0 Å². The maximum atomic E-state index is 5.83. The molecule has 1 saturated heterocycles. The fourth-order valence-electron chi connectivity index (χ4n) is 1.25. The van der Waals surface area contributed by atoms with Crippen LogP contribution in [0.25, 0.3) is 0 Å². The Morgan fingerprint density at radius 3 is 2.89 bits per heavy atom. The van der Waals surface area contributed by atoms with Crippen molar-refractivity contribution in [1.29, 1.82) is 0 Å². The first kappa shape index (κ1) is 7.36. The van der Waals surface area contributed by atoms with Gasteiger partial charge >= 0.3 is 0 Å². The summed E-state index contributed by atoms with van der Waals surface area (Å²) in [5.41, 5.74) is 0.00458. The van der Waals surface area contributed by atoms with Gasteiger partial charge in [-0.15, -0.1) is 0 Å². The Labute approximate surface area is 61.3 Å². The van der Waals surface area contributed by atoms with Crippen LogP contribution in [-0.4, -0.2) is 12.2 Å². The van der Waals surface area contributed by atoms with Crippen molar-refractivity contribution >= 4 is 11.6 Å². The molecular weight excluding hydrogens is 136 g/mol. The average Bonchev–Trinajstić information content (AvgIpc) is 2.18. The molecule has 0 aromatic rings. The third-order valence-corrected chi connectivity index (χ3v) is 2.28. The van der Waals surface area contributed by atoms with Crippen molar-refractivity contribution in [3.8, 4) is 0 Å². The van der Waals surface area contributed by atoms with Crippen LogP contribution in [0.5, 0.6) is 0 Å². The summed E-state index contributed by atoms with van der Waals surface area (Å²) in [5.74, 6) is 0.622.